The van der Waals surface area contributed by atoms with Gasteiger partial charge in [0.25, 0.3) is 0 Å². The molecule has 0 bridgehead atoms. The summed E-state index contributed by atoms with van der Waals surface area (Å²) in [6.45, 7) is 1.87. The number of aryl methyl sites for hydroxylation is 1. The SMILES string of the molecule is Oc1ccc(F)cc1CCCCCNCc1ccccc1. The Morgan fingerprint density at radius 2 is 1.76 bits per heavy atom. The highest BCUT2D eigenvalue weighted by molar-refractivity contribution is 5.32. The number of phenolic OH excluding ortho intramolecular Hbond substituents is 1. The van der Waals surface area contributed by atoms with Crippen LogP contribution >= 0.6 is 0 Å². The molecule has 2 N–H and O–H groups in total. The third-order valence-electron chi connectivity index (χ3n) is 3.51. The van der Waals surface area contributed by atoms with E-state index in [1.165, 1.54) is 23.8 Å². The van der Waals surface area contributed by atoms with Gasteiger partial charge in [-0.25, -0.2) is 4.39 Å². The number of halogens is 1. The van der Waals surface area contributed by atoms with Crippen LogP contribution < -0.4 is 5.32 Å². The quantitative estimate of drug-likeness (QED) is 0.718. The van der Waals surface area contributed by atoms with Crippen LogP contribution in [-0.2, 0) is 13.0 Å². The molecule has 21 heavy (non-hydrogen) atoms. The fourth-order valence-electron chi connectivity index (χ4n) is 2.33. The maximum absolute atomic E-state index is 13.1. The predicted molar refractivity (Wildman–Crippen MR) is 83.8 cm³/mol. The normalized spacial score (nSPS) is 10.7. The standard InChI is InChI=1S/C18H22FNO/c19-17-10-11-18(21)16(13-17)9-5-2-6-12-20-14-15-7-3-1-4-8-15/h1,3-4,7-8,10-11,13,20-21H,2,5-6,9,12,14H2. The smallest absolute Gasteiger partial charge is 0.123 e. The Bertz CT molecular complexity index is 542. The van der Waals surface area contributed by atoms with E-state index in [1.807, 2.05) is 18.2 Å². The molecule has 2 aromatic rings. The van der Waals surface area contributed by atoms with Crippen LogP contribution in [-0.4, -0.2) is 11.7 Å². The molecule has 0 radical (unpaired) electrons. The van der Waals surface area contributed by atoms with Gasteiger partial charge in [0.15, 0.2) is 0 Å². The highest BCUT2D eigenvalue weighted by atomic mass is 19.1. The Labute approximate surface area is 125 Å². The molecule has 2 aromatic carbocycles. The van der Waals surface area contributed by atoms with E-state index in [0.717, 1.165) is 38.8 Å². The zero-order valence-corrected chi connectivity index (χ0v) is 12.2. The summed E-state index contributed by atoms with van der Waals surface area (Å²) >= 11 is 0. The predicted octanol–water partition coefficient (Wildman–Crippen LogP) is 4.03. The van der Waals surface area contributed by atoms with E-state index >= 15 is 0 Å². The Morgan fingerprint density at radius 1 is 0.952 bits per heavy atom. The molecule has 0 unspecified atom stereocenters. The maximum atomic E-state index is 13.1. The topological polar surface area (TPSA) is 32.3 Å². The van der Waals surface area contributed by atoms with Crippen LogP contribution in [0.4, 0.5) is 4.39 Å². The lowest BCUT2D eigenvalue weighted by Gasteiger charge is -2.06. The second-order valence-corrected chi connectivity index (χ2v) is 5.25. The first-order valence-electron chi connectivity index (χ1n) is 7.48. The third-order valence-corrected chi connectivity index (χ3v) is 3.51. The van der Waals surface area contributed by atoms with Crippen molar-refractivity contribution in [2.24, 2.45) is 0 Å². The Balaban J connectivity index is 1.57. The van der Waals surface area contributed by atoms with Crippen LogP contribution in [0.3, 0.4) is 0 Å². The van der Waals surface area contributed by atoms with Gasteiger partial charge in [-0.05, 0) is 55.1 Å². The van der Waals surface area contributed by atoms with E-state index in [4.69, 9.17) is 0 Å². The summed E-state index contributed by atoms with van der Waals surface area (Å²) in [6, 6.07) is 14.5. The third kappa shape index (κ3) is 5.56. The molecule has 0 aliphatic heterocycles. The first-order valence-corrected chi connectivity index (χ1v) is 7.48. The molecule has 0 atom stereocenters. The molecule has 0 saturated heterocycles. The van der Waals surface area contributed by atoms with Gasteiger partial charge < -0.3 is 10.4 Å². The number of nitrogens with one attached hydrogen (secondary N) is 1. The van der Waals surface area contributed by atoms with Gasteiger partial charge in [-0.15, -0.1) is 0 Å². The summed E-state index contributed by atoms with van der Waals surface area (Å²) in [5, 5.41) is 13.0. The average Bonchev–Trinajstić information content (AvgIpc) is 2.50. The first-order chi connectivity index (χ1) is 10.3. The number of hydrogen-bond donors (Lipinski definition) is 2. The summed E-state index contributed by atoms with van der Waals surface area (Å²) in [5.41, 5.74) is 1.99. The van der Waals surface area contributed by atoms with Gasteiger partial charge in [0.2, 0.25) is 0 Å². The van der Waals surface area contributed by atoms with Crippen molar-refractivity contribution in [3.63, 3.8) is 0 Å². The zero-order chi connectivity index (χ0) is 14.9. The van der Waals surface area contributed by atoms with Crippen molar-refractivity contribution in [3.05, 3.63) is 65.5 Å². The second kappa shape index (κ2) is 8.42. The van der Waals surface area contributed by atoms with Crippen LogP contribution in [0.5, 0.6) is 5.75 Å². The van der Waals surface area contributed by atoms with Crippen molar-refractivity contribution in [2.45, 2.75) is 32.2 Å². The number of unbranched alkanes of at least 4 members (excludes halogenated alkanes) is 2. The number of benzene rings is 2. The lowest BCUT2D eigenvalue weighted by atomic mass is 10.1. The summed E-state index contributed by atoms with van der Waals surface area (Å²) in [6.07, 6.45) is 3.84. The number of rotatable bonds is 8. The molecule has 0 amide bonds. The minimum absolute atomic E-state index is 0.193. The lowest BCUT2D eigenvalue weighted by molar-refractivity contribution is 0.463. The van der Waals surface area contributed by atoms with Crippen LogP contribution in [0.15, 0.2) is 48.5 Å². The van der Waals surface area contributed by atoms with E-state index in [2.05, 4.69) is 17.4 Å². The molecular weight excluding hydrogens is 265 g/mol. The number of phenols is 1. The van der Waals surface area contributed by atoms with Crippen molar-refractivity contribution < 1.29 is 9.50 Å². The first kappa shape index (κ1) is 15.5. The van der Waals surface area contributed by atoms with E-state index in [9.17, 15) is 9.50 Å². The van der Waals surface area contributed by atoms with E-state index < -0.39 is 0 Å². The van der Waals surface area contributed by atoms with E-state index in [1.54, 1.807) is 0 Å². The highest BCUT2D eigenvalue weighted by Gasteiger charge is 2.02. The molecule has 3 heteroatoms. The van der Waals surface area contributed by atoms with Gasteiger partial charge in [0.1, 0.15) is 11.6 Å². The van der Waals surface area contributed by atoms with Crippen molar-refractivity contribution in [1.29, 1.82) is 0 Å². The van der Waals surface area contributed by atoms with Gasteiger partial charge in [-0.3, -0.25) is 0 Å². The Morgan fingerprint density at radius 3 is 2.57 bits per heavy atom. The Hall–Kier alpha value is -1.87. The highest BCUT2D eigenvalue weighted by Crippen LogP contribution is 2.20. The lowest BCUT2D eigenvalue weighted by Crippen LogP contribution is -2.14. The summed E-state index contributed by atoms with van der Waals surface area (Å²) in [7, 11) is 0. The van der Waals surface area contributed by atoms with Crippen molar-refractivity contribution in [3.8, 4) is 5.75 Å². The van der Waals surface area contributed by atoms with Gasteiger partial charge in [-0.1, -0.05) is 36.8 Å². The zero-order valence-electron chi connectivity index (χ0n) is 12.2. The molecular formula is C18H22FNO. The molecule has 0 spiro atoms. The minimum Gasteiger partial charge on any atom is -0.508 e. The molecule has 2 rings (SSSR count). The second-order valence-electron chi connectivity index (χ2n) is 5.25. The molecule has 0 fully saturated rings. The van der Waals surface area contributed by atoms with Gasteiger partial charge in [0, 0.05) is 6.54 Å². The molecule has 0 aromatic heterocycles. The summed E-state index contributed by atoms with van der Waals surface area (Å²) in [5.74, 6) is -0.0917. The van der Waals surface area contributed by atoms with Crippen LogP contribution in [0, 0.1) is 5.82 Å². The van der Waals surface area contributed by atoms with Crippen LogP contribution in [0.25, 0.3) is 0 Å². The molecule has 0 aliphatic rings. The Kier molecular flexibility index (Phi) is 6.22. The fourth-order valence-corrected chi connectivity index (χ4v) is 2.33. The van der Waals surface area contributed by atoms with Crippen LogP contribution in [0.2, 0.25) is 0 Å². The largest absolute Gasteiger partial charge is 0.508 e. The van der Waals surface area contributed by atoms with E-state index in [-0.39, 0.29) is 11.6 Å². The number of hydrogen-bond acceptors (Lipinski definition) is 2. The molecule has 0 heterocycles. The molecule has 2 nitrogen and oxygen atoms in total. The summed E-state index contributed by atoms with van der Waals surface area (Å²) < 4.78 is 13.1. The number of aromatic hydroxyl groups is 1. The van der Waals surface area contributed by atoms with Gasteiger partial charge in [0.05, 0.1) is 0 Å². The average molecular weight is 287 g/mol. The molecule has 0 saturated carbocycles. The summed E-state index contributed by atoms with van der Waals surface area (Å²) in [4.78, 5) is 0. The van der Waals surface area contributed by atoms with Crippen molar-refractivity contribution in [1.82, 2.24) is 5.32 Å². The molecule has 0 aliphatic carbocycles. The maximum Gasteiger partial charge on any atom is 0.123 e. The van der Waals surface area contributed by atoms with E-state index in [0.29, 0.717) is 5.56 Å². The minimum atomic E-state index is -0.285. The monoisotopic (exact) mass is 287 g/mol. The van der Waals surface area contributed by atoms with Gasteiger partial charge >= 0.3 is 0 Å². The fraction of sp³-hybridized carbons (Fsp3) is 0.333. The van der Waals surface area contributed by atoms with Crippen molar-refractivity contribution >= 4 is 0 Å². The van der Waals surface area contributed by atoms with Crippen LogP contribution in [0.1, 0.15) is 30.4 Å². The molecule has 112 valence electrons. The van der Waals surface area contributed by atoms with Crippen molar-refractivity contribution in [2.75, 3.05) is 6.54 Å². The van der Waals surface area contributed by atoms with Gasteiger partial charge in [-0.2, -0.15) is 0 Å².